The second-order valence-electron chi connectivity index (χ2n) is 5.56. The molecule has 0 bridgehead atoms. The molecule has 21 heavy (non-hydrogen) atoms. The number of amides is 1. The van der Waals surface area contributed by atoms with Crippen molar-refractivity contribution in [3.05, 3.63) is 21.9 Å². The molecule has 0 atom stereocenters. The minimum absolute atomic E-state index is 0.0335. The van der Waals surface area contributed by atoms with Crippen molar-refractivity contribution in [2.75, 3.05) is 40.3 Å². The van der Waals surface area contributed by atoms with E-state index in [9.17, 15) is 4.79 Å². The van der Waals surface area contributed by atoms with Gasteiger partial charge < -0.3 is 14.9 Å². The highest BCUT2D eigenvalue weighted by atomic mass is 32.1. The lowest BCUT2D eigenvalue weighted by Gasteiger charge is -2.31. The van der Waals surface area contributed by atoms with E-state index < -0.39 is 0 Å². The van der Waals surface area contributed by atoms with Crippen LogP contribution in [0, 0.1) is 17.8 Å². The summed E-state index contributed by atoms with van der Waals surface area (Å²) >= 11 is 1.42. The van der Waals surface area contributed by atoms with Crippen LogP contribution in [0.3, 0.4) is 0 Å². The van der Waals surface area contributed by atoms with Gasteiger partial charge in [-0.15, -0.1) is 11.3 Å². The third kappa shape index (κ3) is 4.31. The van der Waals surface area contributed by atoms with E-state index in [0.717, 1.165) is 32.5 Å². The SMILES string of the molecule is CN1CCC(CN(C)C(=O)c2sccc2C#CCO)CC1. The zero-order chi connectivity index (χ0) is 15.2. The Hall–Kier alpha value is -1.35. The maximum Gasteiger partial charge on any atom is 0.264 e. The van der Waals surface area contributed by atoms with Crippen LogP contribution in [0.2, 0.25) is 0 Å². The van der Waals surface area contributed by atoms with Crippen LogP contribution in [0.15, 0.2) is 11.4 Å². The van der Waals surface area contributed by atoms with E-state index in [2.05, 4.69) is 23.8 Å². The molecule has 1 aliphatic heterocycles. The monoisotopic (exact) mass is 306 g/mol. The van der Waals surface area contributed by atoms with Gasteiger partial charge in [0.25, 0.3) is 5.91 Å². The Morgan fingerprint density at radius 2 is 2.24 bits per heavy atom. The molecule has 1 aromatic rings. The summed E-state index contributed by atoms with van der Waals surface area (Å²) in [4.78, 5) is 17.3. The third-order valence-electron chi connectivity index (χ3n) is 3.88. The number of hydrogen-bond acceptors (Lipinski definition) is 4. The van der Waals surface area contributed by atoms with Crippen molar-refractivity contribution >= 4 is 17.2 Å². The number of aliphatic hydroxyl groups is 1. The summed E-state index contributed by atoms with van der Waals surface area (Å²) in [6, 6.07) is 1.84. The first-order valence-electron chi connectivity index (χ1n) is 7.23. The fraction of sp³-hybridized carbons (Fsp3) is 0.562. The Labute approximate surface area is 130 Å². The minimum Gasteiger partial charge on any atom is -0.384 e. The maximum atomic E-state index is 12.5. The summed E-state index contributed by atoms with van der Waals surface area (Å²) < 4.78 is 0. The summed E-state index contributed by atoms with van der Waals surface area (Å²) in [5, 5.41) is 10.6. The fourth-order valence-corrected chi connectivity index (χ4v) is 3.44. The molecule has 1 saturated heterocycles. The Bertz CT molecular complexity index is 536. The van der Waals surface area contributed by atoms with E-state index in [1.54, 1.807) is 0 Å². The zero-order valence-electron chi connectivity index (χ0n) is 12.6. The summed E-state index contributed by atoms with van der Waals surface area (Å²) in [6.45, 7) is 2.84. The van der Waals surface area contributed by atoms with Gasteiger partial charge in [0.15, 0.2) is 0 Å². The highest BCUT2D eigenvalue weighted by Crippen LogP contribution is 2.21. The molecule has 4 nitrogen and oxygen atoms in total. The quantitative estimate of drug-likeness (QED) is 0.861. The molecule has 1 aliphatic rings. The maximum absolute atomic E-state index is 12.5. The molecular weight excluding hydrogens is 284 g/mol. The molecule has 0 spiro atoms. The smallest absolute Gasteiger partial charge is 0.264 e. The van der Waals surface area contributed by atoms with Crippen LogP contribution >= 0.6 is 11.3 Å². The van der Waals surface area contributed by atoms with Crippen molar-refractivity contribution in [1.82, 2.24) is 9.80 Å². The molecule has 1 amide bonds. The summed E-state index contributed by atoms with van der Waals surface area (Å²) in [5.74, 6) is 6.07. The number of likely N-dealkylation sites (tertiary alicyclic amines) is 1. The zero-order valence-corrected chi connectivity index (χ0v) is 13.4. The second kappa shape index (κ2) is 7.60. The van der Waals surface area contributed by atoms with E-state index in [0.29, 0.717) is 16.4 Å². The van der Waals surface area contributed by atoms with Gasteiger partial charge in [-0.25, -0.2) is 0 Å². The molecule has 0 radical (unpaired) electrons. The Kier molecular flexibility index (Phi) is 5.80. The van der Waals surface area contributed by atoms with Gasteiger partial charge >= 0.3 is 0 Å². The van der Waals surface area contributed by atoms with Gasteiger partial charge in [-0.3, -0.25) is 4.79 Å². The van der Waals surface area contributed by atoms with E-state index in [-0.39, 0.29) is 12.5 Å². The predicted molar refractivity (Wildman–Crippen MR) is 85.5 cm³/mol. The molecule has 114 valence electrons. The molecule has 0 unspecified atom stereocenters. The number of nitrogens with zero attached hydrogens (tertiary/aromatic N) is 2. The number of rotatable bonds is 3. The van der Waals surface area contributed by atoms with E-state index >= 15 is 0 Å². The van der Waals surface area contributed by atoms with Gasteiger partial charge in [-0.1, -0.05) is 11.8 Å². The molecule has 0 aliphatic carbocycles. The number of aliphatic hydroxyl groups excluding tert-OH is 1. The highest BCUT2D eigenvalue weighted by molar-refractivity contribution is 7.12. The largest absolute Gasteiger partial charge is 0.384 e. The molecule has 1 fully saturated rings. The van der Waals surface area contributed by atoms with Gasteiger partial charge in [-0.05, 0) is 50.3 Å². The molecule has 1 aromatic heterocycles. The van der Waals surface area contributed by atoms with E-state index in [1.807, 2.05) is 23.4 Å². The van der Waals surface area contributed by atoms with Crippen LogP contribution in [0.4, 0.5) is 0 Å². The number of carbonyl (C=O) groups excluding carboxylic acids is 1. The normalized spacial score (nSPS) is 16.3. The van der Waals surface area contributed by atoms with Crippen LogP contribution in [0.1, 0.15) is 28.1 Å². The van der Waals surface area contributed by atoms with Crippen molar-refractivity contribution in [2.24, 2.45) is 5.92 Å². The molecule has 0 aromatic carbocycles. The topological polar surface area (TPSA) is 43.8 Å². The average Bonchev–Trinajstić information content (AvgIpc) is 2.95. The first-order valence-corrected chi connectivity index (χ1v) is 8.11. The van der Waals surface area contributed by atoms with Crippen molar-refractivity contribution in [2.45, 2.75) is 12.8 Å². The van der Waals surface area contributed by atoms with E-state index in [1.165, 1.54) is 11.3 Å². The highest BCUT2D eigenvalue weighted by Gasteiger charge is 2.22. The first-order chi connectivity index (χ1) is 10.1. The number of hydrogen-bond donors (Lipinski definition) is 1. The van der Waals surface area contributed by atoms with Crippen LogP contribution < -0.4 is 0 Å². The van der Waals surface area contributed by atoms with Crippen molar-refractivity contribution in [1.29, 1.82) is 0 Å². The predicted octanol–water partition coefficient (Wildman–Crippen LogP) is 1.51. The lowest BCUT2D eigenvalue weighted by molar-refractivity contribution is 0.0751. The molecule has 5 heteroatoms. The summed E-state index contributed by atoms with van der Waals surface area (Å²) in [6.07, 6.45) is 2.30. The molecule has 1 N–H and O–H groups in total. The van der Waals surface area contributed by atoms with Gasteiger partial charge in [-0.2, -0.15) is 0 Å². The third-order valence-corrected chi connectivity index (χ3v) is 4.78. The lowest BCUT2D eigenvalue weighted by atomic mass is 9.96. The van der Waals surface area contributed by atoms with Gasteiger partial charge in [0.2, 0.25) is 0 Å². The van der Waals surface area contributed by atoms with Crippen LogP contribution in [0.5, 0.6) is 0 Å². The van der Waals surface area contributed by atoms with Crippen LogP contribution in [0.25, 0.3) is 0 Å². The summed E-state index contributed by atoms with van der Waals surface area (Å²) in [7, 11) is 4.01. The van der Waals surface area contributed by atoms with E-state index in [4.69, 9.17) is 5.11 Å². The Morgan fingerprint density at radius 1 is 1.52 bits per heavy atom. The fourth-order valence-electron chi connectivity index (χ4n) is 2.60. The Morgan fingerprint density at radius 3 is 2.90 bits per heavy atom. The van der Waals surface area contributed by atoms with Crippen molar-refractivity contribution < 1.29 is 9.90 Å². The molecule has 2 heterocycles. The number of piperidine rings is 1. The molecular formula is C16H22N2O2S. The first kappa shape index (κ1) is 16.0. The molecule has 0 saturated carbocycles. The van der Waals surface area contributed by atoms with Crippen LogP contribution in [-0.2, 0) is 0 Å². The van der Waals surface area contributed by atoms with Crippen molar-refractivity contribution in [3.8, 4) is 11.8 Å². The minimum atomic E-state index is -0.186. The van der Waals surface area contributed by atoms with Crippen LogP contribution in [-0.4, -0.2) is 61.2 Å². The number of carbonyl (C=O) groups is 1. The molecule has 2 rings (SSSR count). The van der Waals surface area contributed by atoms with Gasteiger partial charge in [0.05, 0.1) is 0 Å². The summed E-state index contributed by atoms with van der Waals surface area (Å²) in [5.41, 5.74) is 0.717. The lowest BCUT2D eigenvalue weighted by Crippen LogP contribution is -2.37. The Balaban J connectivity index is 1.98. The standard InChI is InChI=1S/C16H22N2O2S/c1-17-8-5-13(6-9-17)12-18(2)16(20)15-14(4-3-10-19)7-11-21-15/h7,11,13,19H,5-6,8-10,12H2,1-2H3. The average molecular weight is 306 g/mol. The van der Waals surface area contributed by atoms with Gasteiger partial charge in [0, 0.05) is 19.2 Å². The number of thiophene rings is 1. The van der Waals surface area contributed by atoms with Gasteiger partial charge in [0.1, 0.15) is 11.5 Å². The van der Waals surface area contributed by atoms with Crippen molar-refractivity contribution in [3.63, 3.8) is 0 Å². The second-order valence-corrected chi connectivity index (χ2v) is 6.47.